The van der Waals surface area contributed by atoms with Crippen molar-refractivity contribution in [2.45, 2.75) is 12.8 Å². The summed E-state index contributed by atoms with van der Waals surface area (Å²) in [5, 5.41) is 19.1. The molecule has 0 spiro atoms. The van der Waals surface area contributed by atoms with Crippen LogP contribution in [0.5, 0.6) is 11.5 Å². The largest absolute Gasteiger partial charge is 0.508 e. The summed E-state index contributed by atoms with van der Waals surface area (Å²) in [6.45, 7) is 2.05. The summed E-state index contributed by atoms with van der Waals surface area (Å²) in [4.78, 5) is 14.6. The highest BCUT2D eigenvalue weighted by molar-refractivity contribution is 5.97. The number of hydrogen-bond acceptors (Lipinski definition) is 5. The van der Waals surface area contributed by atoms with Crippen LogP contribution in [0.4, 0.5) is 0 Å². The van der Waals surface area contributed by atoms with E-state index in [1.165, 1.54) is 17.7 Å². The number of ketones is 1. The first kappa shape index (κ1) is 19.4. The Kier molecular flexibility index (Phi) is 6.48. The van der Waals surface area contributed by atoms with Crippen molar-refractivity contribution in [2.75, 3.05) is 33.4 Å². The average Bonchev–Trinajstić information content (AvgIpc) is 3.08. The second-order valence-electron chi connectivity index (χ2n) is 7.26. The van der Waals surface area contributed by atoms with Gasteiger partial charge in [-0.1, -0.05) is 12.1 Å². The van der Waals surface area contributed by atoms with Crippen LogP contribution < -0.4 is 4.74 Å². The Morgan fingerprint density at radius 3 is 2.59 bits per heavy atom. The third-order valence-corrected chi connectivity index (χ3v) is 5.38. The normalized spacial score (nSPS) is 19.9. The maximum Gasteiger partial charge on any atom is 0.176 e. The van der Waals surface area contributed by atoms with Crippen LogP contribution in [0.15, 0.2) is 48.5 Å². The number of phenolic OH excluding ortho intramolecular Hbond substituents is 1. The lowest BCUT2D eigenvalue weighted by Crippen LogP contribution is -2.28. The van der Waals surface area contributed by atoms with Gasteiger partial charge < -0.3 is 14.9 Å². The molecule has 0 unspecified atom stereocenters. The van der Waals surface area contributed by atoms with Gasteiger partial charge in [0, 0.05) is 25.3 Å². The molecule has 144 valence electrons. The fourth-order valence-corrected chi connectivity index (χ4v) is 3.82. The Morgan fingerprint density at radius 1 is 1.15 bits per heavy atom. The van der Waals surface area contributed by atoms with Crippen LogP contribution in [0.2, 0.25) is 0 Å². The number of ether oxygens (including phenoxy) is 1. The van der Waals surface area contributed by atoms with Gasteiger partial charge in [-0.3, -0.25) is 9.69 Å². The number of hydrogen-bond donors (Lipinski definition) is 2. The molecule has 2 N–H and O–H groups in total. The Morgan fingerprint density at radius 2 is 1.89 bits per heavy atom. The van der Waals surface area contributed by atoms with Crippen molar-refractivity contribution in [2.24, 2.45) is 11.8 Å². The van der Waals surface area contributed by atoms with Crippen LogP contribution >= 0.6 is 0 Å². The van der Waals surface area contributed by atoms with E-state index < -0.39 is 0 Å². The van der Waals surface area contributed by atoms with Gasteiger partial charge in [0.25, 0.3) is 0 Å². The number of phenols is 1. The van der Waals surface area contributed by atoms with E-state index >= 15 is 0 Å². The highest BCUT2D eigenvalue weighted by Gasteiger charge is 2.32. The summed E-state index contributed by atoms with van der Waals surface area (Å²) in [5.41, 5.74) is 1.83. The first-order valence-electron chi connectivity index (χ1n) is 9.37. The Labute approximate surface area is 160 Å². The second-order valence-corrected chi connectivity index (χ2v) is 7.26. The lowest BCUT2D eigenvalue weighted by molar-refractivity contribution is 0.0940. The number of benzene rings is 2. The second kappa shape index (κ2) is 9.02. The van der Waals surface area contributed by atoms with Crippen molar-refractivity contribution in [3.63, 3.8) is 0 Å². The van der Waals surface area contributed by atoms with Gasteiger partial charge in [-0.05, 0) is 66.6 Å². The van der Waals surface area contributed by atoms with Gasteiger partial charge in [0.1, 0.15) is 11.5 Å². The zero-order chi connectivity index (χ0) is 19.2. The molecule has 2 atom stereocenters. The van der Waals surface area contributed by atoms with Crippen LogP contribution in [0.1, 0.15) is 22.3 Å². The Hall–Kier alpha value is -2.37. The van der Waals surface area contributed by atoms with Crippen molar-refractivity contribution >= 4 is 5.78 Å². The van der Waals surface area contributed by atoms with E-state index in [9.17, 15) is 15.0 Å². The van der Waals surface area contributed by atoms with E-state index in [4.69, 9.17) is 4.74 Å². The molecule has 1 heterocycles. The molecule has 1 aliphatic rings. The molecule has 5 heteroatoms. The molecule has 0 aromatic heterocycles. The lowest BCUT2D eigenvalue weighted by Gasteiger charge is -2.16. The van der Waals surface area contributed by atoms with Gasteiger partial charge in [-0.2, -0.15) is 0 Å². The molecular formula is C22H27NO4. The van der Waals surface area contributed by atoms with Crippen molar-refractivity contribution in [1.82, 2.24) is 4.90 Å². The minimum absolute atomic E-state index is 0.0418. The highest BCUT2D eigenvalue weighted by Crippen LogP contribution is 2.28. The topological polar surface area (TPSA) is 70.0 Å². The standard InChI is InChI=1S/C22H27NO4/c1-27-21-4-2-3-16(11-21)5-6-18-12-23(13-19(18)15-24)14-22(26)17-7-9-20(25)10-8-17/h2-4,7-11,18-19,24-25H,5-6,12-15H2,1H3/t18-,19-/m1/s1. The van der Waals surface area contributed by atoms with Crippen LogP contribution in [0.25, 0.3) is 0 Å². The predicted molar refractivity (Wildman–Crippen MR) is 104 cm³/mol. The quantitative estimate of drug-likeness (QED) is 0.700. The maximum absolute atomic E-state index is 12.5. The number of aliphatic hydroxyl groups excluding tert-OH is 1. The van der Waals surface area contributed by atoms with E-state index in [-0.39, 0.29) is 24.1 Å². The number of likely N-dealkylation sites (tertiary alicyclic amines) is 1. The zero-order valence-corrected chi connectivity index (χ0v) is 15.7. The molecule has 27 heavy (non-hydrogen) atoms. The molecule has 2 aromatic rings. The molecule has 0 bridgehead atoms. The monoisotopic (exact) mass is 369 g/mol. The molecule has 0 saturated carbocycles. The molecule has 0 amide bonds. The summed E-state index contributed by atoms with van der Waals surface area (Å²) < 4.78 is 5.28. The van der Waals surface area contributed by atoms with Gasteiger partial charge in [-0.15, -0.1) is 0 Å². The summed E-state index contributed by atoms with van der Waals surface area (Å²) >= 11 is 0. The summed E-state index contributed by atoms with van der Waals surface area (Å²) in [6, 6.07) is 14.4. The first-order valence-corrected chi connectivity index (χ1v) is 9.37. The van der Waals surface area contributed by atoms with Crippen LogP contribution in [0, 0.1) is 11.8 Å². The van der Waals surface area contributed by atoms with E-state index in [0.717, 1.165) is 31.7 Å². The number of carbonyl (C=O) groups excluding carboxylic acids is 1. The number of aryl methyl sites for hydroxylation is 1. The molecule has 0 aliphatic carbocycles. The molecule has 0 radical (unpaired) electrons. The van der Waals surface area contributed by atoms with E-state index in [1.54, 1.807) is 19.2 Å². The molecular weight excluding hydrogens is 342 g/mol. The minimum atomic E-state index is 0.0418. The SMILES string of the molecule is COc1cccc(CC[C@@H]2CN(CC(=O)c3ccc(O)cc3)C[C@@H]2CO)c1. The van der Waals surface area contributed by atoms with Gasteiger partial charge >= 0.3 is 0 Å². The van der Waals surface area contributed by atoms with Crippen molar-refractivity contribution in [1.29, 1.82) is 0 Å². The summed E-state index contributed by atoms with van der Waals surface area (Å²) in [6.07, 6.45) is 1.90. The summed E-state index contributed by atoms with van der Waals surface area (Å²) in [5.74, 6) is 1.63. The summed E-state index contributed by atoms with van der Waals surface area (Å²) in [7, 11) is 1.67. The fraction of sp³-hybridized carbons (Fsp3) is 0.409. The van der Waals surface area contributed by atoms with Gasteiger partial charge in [0.15, 0.2) is 5.78 Å². The van der Waals surface area contributed by atoms with Crippen molar-refractivity contribution < 1.29 is 19.7 Å². The smallest absolute Gasteiger partial charge is 0.176 e. The van der Waals surface area contributed by atoms with Crippen molar-refractivity contribution in [3.05, 3.63) is 59.7 Å². The van der Waals surface area contributed by atoms with E-state index in [0.29, 0.717) is 18.0 Å². The molecule has 1 saturated heterocycles. The number of aliphatic hydroxyl groups is 1. The fourth-order valence-electron chi connectivity index (χ4n) is 3.82. The van der Waals surface area contributed by atoms with Crippen LogP contribution in [0.3, 0.4) is 0 Å². The number of rotatable bonds is 8. The molecule has 2 aromatic carbocycles. The van der Waals surface area contributed by atoms with Crippen LogP contribution in [-0.4, -0.2) is 54.2 Å². The number of aromatic hydroxyl groups is 1. The zero-order valence-electron chi connectivity index (χ0n) is 15.7. The third-order valence-electron chi connectivity index (χ3n) is 5.38. The maximum atomic E-state index is 12.5. The number of methoxy groups -OCH3 is 1. The average molecular weight is 369 g/mol. The van der Waals surface area contributed by atoms with Crippen LogP contribution in [-0.2, 0) is 6.42 Å². The third kappa shape index (κ3) is 5.08. The van der Waals surface area contributed by atoms with Crippen molar-refractivity contribution in [3.8, 4) is 11.5 Å². The minimum Gasteiger partial charge on any atom is -0.508 e. The number of nitrogens with zero attached hydrogens (tertiary/aromatic N) is 1. The Bertz CT molecular complexity index is 759. The van der Waals surface area contributed by atoms with Gasteiger partial charge in [0.2, 0.25) is 0 Å². The predicted octanol–water partition coefficient (Wildman–Crippen LogP) is 2.76. The molecule has 1 fully saturated rings. The van der Waals surface area contributed by atoms with Gasteiger partial charge in [-0.25, -0.2) is 0 Å². The highest BCUT2D eigenvalue weighted by atomic mass is 16.5. The molecule has 5 nitrogen and oxygen atoms in total. The van der Waals surface area contributed by atoms with E-state index in [1.807, 2.05) is 12.1 Å². The first-order chi connectivity index (χ1) is 13.1. The number of carbonyl (C=O) groups is 1. The molecule has 1 aliphatic heterocycles. The van der Waals surface area contributed by atoms with E-state index in [2.05, 4.69) is 17.0 Å². The lowest BCUT2D eigenvalue weighted by atomic mass is 9.90. The molecule has 3 rings (SSSR count). The number of Topliss-reactive ketones (excluding diaryl/α,β-unsaturated/α-hetero) is 1. The van der Waals surface area contributed by atoms with Gasteiger partial charge in [0.05, 0.1) is 13.7 Å². The Balaban J connectivity index is 1.56.